The third-order valence-corrected chi connectivity index (χ3v) is 3.00. The summed E-state index contributed by atoms with van der Waals surface area (Å²) in [6, 6.07) is 14.6. The van der Waals surface area contributed by atoms with Crippen molar-refractivity contribution in [1.29, 1.82) is 0 Å². The van der Waals surface area contributed by atoms with E-state index >= 15 is 0 Å². The fourth-order valence-electron chi connectivity index (χ4n) is 2.10. The Morgan fingerprint density at radius 3 is 2.18 bits per heavy atom. The van der Waals surface area contributed by atoms with E-state index in [0.717, 1.165) is 11.1 Å². The molecule has 0 heterocycles. The Hall–Kier alpha value is -2.08. The number of benzene rings is 2. The van der Waals surface area contributed by atoms with Crippen LogP contribution in [0.5, 0.6) is 0 Å². The van der Waals surface area contributed by atoms with E-state index in [-0.39, 0.29) is 0 Å². The van der Waals surface area contributed by atoms with E-state index in [0.29, 0.717) is 0 Å². The van der Waals surface area contributed by atoms with E-state index in [1.807, 2.05) is 12.2 Å². The molecular weight excluding hydrogens is 204 g/mol. The lowest BCUT2D eigenvalue weighted by Gasteiger charge is -2.11. The van der Waals surface area contributed by atoms with E-state index in [4.69, 9.17) is 0 Å². The van der Waals surface area contributed by atoms with Crippen molar-refractivity contribution in [3.05, 3.63) is 72.3 Å². The van der Waals surface area contributed by atoms with Crippen LogP contribution in [0.4, 0.5) is 0 Å². The van der Waals surface area contributed by atoms with Gasteiger partial charge >= 0.3 is 0 Å². The van der Waals surface area contributed by atoms with Gasteiger partial charge in [-0.1, -0.05) is 67.8 Å². The highest BCUT2D eigenvalue weighted by Crippen LogP contribution is 2.30. The van der Waals surface area contributed by atoms with Gasteiger partial charge in [-0.25, -0.2) is 0 Å². The molecule has 0 saturated heterocycles. The first-order valence-electron chi connectivity index (χ1n) is 5.72. The monoisotopic (exact) mass is 220 g/mol. The molecule has 0 aliphatic carbocycles. The molecule has 2 aromatic carbocycles. The molecule has 0 amide bonds. The first-order chi connectivity index (χ1) is 8.27. The van der Waals surface area contributed by atoms with Crippen LogP contribution < -0.4 is 0 Å². The highest BCUT2D eigenvalue weighted by atomic mass is 14.1. The molecular formula is C17H16. The average molecular weight is 220 g/mol. The number of aryl methyl sites for hydroxylation is 1. The lowest BCUT2D eigenvalue weighted by Crippen LogP contribution is -1.89. The van der Waals surface area contributed by atoms with Crippen molar-refractivity contribution in [2.24, 2.45) is 0 Å². The van der Waals surface area contributed by atoms with Crippen LogP contribution in [0.1, 0.15) is 16.7 Å². The Kier molecular flexibility index (Phi) is 3.24. The Morgan fingerprint density at radius 1 is 0.824 bits per heavy atom. The van der Waals surface area contributed by atoms with Crippen molar-refractivity contribution < 1.29 is 0 Å². The molecule has 2 aromatic rings. The molecule has 84 valence electrons. The van der Waals surface area contributed by atoms with Crippen molar-refractivity contribution in [2.75, 3.05) is 0 Å². The molecule has 0 aliphatic heterocycles. The molecule has 0 atom stereocenters. The average Bonchev–Trinajstić information content (AvgIpc) is 2.38. The maximum Gasteiger partial charge on any atom is -0.0103 e. The predicted octanol–water partition coefficient (Wildman–Crippen LogP) is 4.95. The predicted molar refractivity (Wildman–Crippen MR) is 76.8 cm³/mol. The summed E-state index contributed by atoms with van der Waals surface area (Å²) < 4.78 is 0. The first kappa shape index (κ1) is 11.4. The highest BCUT2D eigenvalue weighted by Gasteiger charge is 2.07. The van der Waals surface area contributed by atoms with Crippen molar-refractivity contribution in [3.8, 4) is 11.1 Å². The van der Waals surface area contributed by atoms with Gasteiger partial charge < -0.3 is 0 Å². The molecule has 17 heavy (non-hydrogen) atoms. The molecule has 0 N–H and O–H groups in total. The van der Waals surface area contributed by atoms with E-state index in [1.54, 1.807) is 0 Å². The zero-order chi connectivity index (χ0) is 12.3. The van der Waals surface area contributed by atoms with Crippen LogP contribution in [0, 0.1) is 6.92 Å². The first-order valence-corrected chi connectivity index (χ1v) is 5.72. The molecule has 0 spiro atoms. The quantitative estimate of drug-likeness (QED) is 0.686. The van der Waals surface area contributed by atoms with Crippen LogP contribution in [0.15, 0.2) is 55.6 Å². The fraction of sp³-hybridized carbons (Fsp3) is 0.0588. The Balaban J connectivity index is 2.72. The van der Waals surface area contributed by atoms with Crippen molar-refractivity contribution in [2.45, 2.75) is 6.92 Å². The largest absolute Gasteiger partial charge is 0.0984 e. The van der Waals surface area contributed by atoms with Gasteiger partial charge in [-0.3, -0.25) is 0 Å². The SMILES string of the molecule is C=Cc1cccc(-c2ccccc2C)c1C=C. The van der Waals surface area contributed by atoms with Gasteiger partial charge in [0, 0.05) is 0 Å². The summed E-state index contributed by atoms with van der Waals surface area (Å²) in [6.45, 7) is 9.88. The van der Waals surface area contributed by atoms with Gasteiger partial charge in [-0.15, -0.1) is 0 Å². The smallest absolute Gasteiger partial charge is 0.0103 e. The molecule has 2 rings (SSSR count). The summed E-state index contributed by atoms with van der Waals surface area (Å²) in [4.78, 5) is 0. The second-order valence-corrected chi connectivity index (χ2v) is 4.03. The third-order valence-electron chi connectivity index (χ3n) is 3.00. The second-order valence-electron chi connectivity index (χ2n) is 4.03. The van der Waals surface area contributed by atoms with Gasteiger partial charge in [0.25, 0.3) is 0 Å². The van der Waals surface area contributed by atoms with Gasteiger partial charge in [0.05, 0.1) is 0 Å². The maximum absolute atomic E-state index is 3.91. The van der Waals surface area contributed by atoms with E-state index in [9.17, 15) is 0 Å². The number of rotatable bonds is 3. The fourth-order valence-corrected chi connectivity index (χ4v) is 2.10. The van der Waals surface area contributed by atoms with Crippen molar-refractivity contribution >= 4 is 12.2 Å². The van der Waals surface area contributed by atoms with Gasteiger partial charge in [0.1, 0.15) is 0 Å². The van der Waals surface area contributed by atoms with Crippen LogP contribution in [-0.2, 0) is 0 Å². The van der Waals surface area contributed by atoms with Crippen molar-refractivity contribution in [1.82, 2.24) is 0 Å². The normalized spacial score (nSPS) is 9.94. The highest BCUT2D eigenvalue weighted by molar-refractivity contribution is 5.81. The summed E-state index contributed by atoms with van der Waals surface area (Å²) >= 11 is 0. The second kappa shape index (κ2) is 4.84. The minimum atomic E-state index is 1.13. The molecule has 0 fully saturated rings. The molecule has 0 radical (unpaired) electrons. The van der Waals surface area contributed by atoms with Crippen LogP contribution >= 0.6 is 0 Å². The van der Waals surface area contributed by atoms with Crippen LogP contribution in [0.3, 0.4) is 0 Å². The lowest BCUT2D eigenvalue weighted by molar-refractivity contribution is 1.45. The van der Waals surface area contributed by atoms with Crippen LogP contribution in [-0.4, -0.2) is 0 Å². The zero-order valence-corrected chi connectivity index (χ0v) is 10.1. The lowest BCUT2D eigenvalue weighted by atomic mass is 9.93. The summed E-state index contributed by atoms with van der Waals surface area (Å²) in [6.07, 6.45) is 3.78. The van der Waals surface area contributed by atoms with Crippen LogP contribution in [0.25, 0.3) is 23.3 Å². The van der Waals surface area contributed by atoms with E-state index in [2.05, 4.69) is 62.5 Å². The minimum Gasteiger partial charge on any atom is -0.0984 e. The topological polar surface area (TPSA) is 0 Å². The molecule has 0 bridgehead atoms. The van der Waals surface area contributed by atoms with E-state index < -0.39 is 0 Å². The molecule has 0 aromatic heterocycles. The number of hydrogen-bond acceptors (Lipinski definition) is 0. The van der Waals surface area contributed by atoms with Gasteiger partial charge in [0.15, 0.2) is 0 Å². The summed E-state index contributed by atoms with van der Waals surface area (Å²) in [5.74, 6) is 0. The minimum absolute atomic E-state index is 1.13. The van der Waals surface area contributed by atoms with Crippen LogP contribution in [0.2, 0.25) is 0 Å². The number of hydrogen-bond donors (Lipinski definition) is 0. The summed E-state index contributed by atoms with van der Waals surface area (Å²) in [5, 5.41) is 0. The molecule has 0 saturated carbocycles. The standard InChI is InChI=1S/C17H16/c1-4-14-10-8-12-17(15(14)5-2)16-11-7-6-9-13(16)3/h4-12H,1-2H2,3H3. The summed E-state index contributed by atoms with van der Waals surface area (Å²) in [7, 11) is 0. The van der Waals surface area contributed by atoms with Gasteiger partial charge in [0.2, 0.25) is 0 Å². The Morgan fingerprint density at radius 2 is 1.53 bits per heavy atom. The van der Waals surface area contributed by atoms with Gasteiger partial charge in [-0.2, -0.15) is 0 Å². The van der Waals surface area contributed by atoms with E-state index in [1.165, 1.54) is 16.7 Å². The maximum atomic E-state index is 3.91. The Bertz CT molecular complexity index is 562. The molecule has 0 aliphatic rings. The zero-order valence-electron chi connectivity index (χ0n) is 10.1. The van der Waals surface area contributed by atoms with Gasteiger partial charge in [-0.05, 0) is 34.7 Å². The molecule has 0 heteroatoms. The third kappa shape index (κ3) is 2.07. The molecule has 0 nitrogen and oxygen atoms in total. The Labute approximate surface area is 103 Å². The summed E-state index contributed by atoms with van der Waals surface area (Å²) in [5.41, 5.74) is 6.02. The van der Waals surface area contributed by atoms with Crippen molar-refractivity contribution in [3.63, 3.8) is 0 Å². The molecule has 0 unspecified atom stereocenters.